The Morgan fingerprint density at radius 1 is 1.00 bits per heavy atom. The molecule has 35 heavy (non-hydrogen) atoms. The minimum absolute atomic E-state index is 0.136. The van der Waals surface area contributed by atoms with Crippen LogP contribution in [0.2, 0.25) is 10.0 Å². The molecule has 0 fully saturated rings. The molecule has 1 unspecified atom stereocenters. The Morgan fingerprint density at radius 2 is 1.54 bits per heavy atom. The van der Waals surface area contributed by atoms with Crippen LogP contribution in [0, 0.1) is 4.78 Å². The number of nitrogens with two attached hydrogens (primary N) is 1. The van der Waals surface area contributed by atoms with Gasteiger partial charge in [0.2, 0.25) is 0 Å². The van der Waals surface area contributed by atoms with Crippen molar-refractivity contribution in [1.29, 1.82) is 4.78 Å². The molecule has 0 saturated carbocycles. The molecule has 0 aliphatic carbocycles. The van der Waals surface area contributed by atoms with Crippen LogP contribution in [0.15, 0.2) is 42.5 Å². The zero-order chi connectivity index (χ0) is 26.8. The van der Waals surface area contributed by atoms with Crippen molar-refractivity contribution in [3.63, 3.8) is 0 Å². The quantitative estimate of drug-likeness (QED) is 0.312. The summed E-state index contributed by atoms with van der Waals surface area (Å²) in [5.74, 6) is -3.54. The first-order valence-corrected chi connectivity index (χ1v) is 12.5. The van der Waals surface area contributed by atoms with E-state index >= 15 is 0 Å². The molecule has 2 aromatic rings. The average molecular weight is 565 g/mol. The number of carboxylic acid groups (broad SMARTS) is 1. The van der Waals surface area contributed by atoms with E-state index in [2.05, 4.69) is 0 Å². The van der Waals surface area contributed by atoms with Crippen molar-refractivity contribution in [2.75, 3.05) is 11.5 Å². The zero-order valence-corrected chi connectivity index (χ0v) is 20.0. The number of carbonyl (C=O) groups is 1. The highest BCUT2D eigenvalue weighted by molar-refractivity contribution is 7.92. The summed E-state index contributed by atoms with van der Waals surface area (Å²) in [4.78, 5) is 10.8. The Kier molecular flexibility index (Phi) is 8.79. The van der Waals surface area contributed by atoms with Gasteiger partial charge in [0.05, 0.1) is 0 Å². The Labute approximate surface area is 207 Å². The Balaban J connectivity index is 2.47. The molecule has 0 saturated heterocycles. The average Bonchev–Trinajstić information content (AvgIpc) is 2.71. The third-order valence-electron chi connectivity index (χ3n) is 5.47. The molecule has 0 aromatic heterocycles. The second kappa shape index (κ2) is 10.5. The molecule has 2 rings (SSSR count). The van der Waals surface area contributed by atoms with Crippen molar-refractivity contribution in [1.82, 2.24) is 0 Å². The molecule has 5 nitrogen and oxygen atoms in total. The SMILES string of the molecule is N=S(=O)(CC[C@H](N)C(=O)O)CCC(c1ccc(-c2ccc(Cl)cc2Cl)cc1)(C(F)(F)F)C(F)(F)F. The lowest BCUT2D eigenvalue weighted by molar-refractivity contribution is -0.304. The summed E-state index contributed by atoms with van der Waals surface area (Å²) in [6, 6.07) is 6.12. The maximum Gasteiger partial charge on any atom is 0.407 e. The van der Waals surface area contributed by atoms with Crippen LogP contribution < -0.4 is 5.73 Å². The van der Waals surface area contributed by atoms with Crippen molar-refractivity contribution in [3.8, 4) is 11.1 Å². The van der Waals surface area contributed by atoms with Crippen LogP contribution in [0.25, 0.3) is 11.1 Å². The fourth-order valence-corrected chi connectivity index (χ4v) is 5.43. The first-order valence-electron chi connectivity index (χ1n) is 9.83. The maximum absolute atomic E-state index is 14.1. The van der Waals surface area contributed by atoms with Crippen LogP contribution in [0.4, 0.5) is 26.3 Å². The largest absolute Gasteiger partial charge is 0.480 e. The summed E-state index contributed by atoms with van der Waals surface area (Å²) in [7, 11) is -4.01. The molecule has 2 aromatic carbocycles. The van der Waals surface area contributed by atoms with E-state index in [1.807, 2.05) is 0 Å². The summed E-state index contributed by atoms with van der Waals surface area (Å²) in [5, 5.41) is 9.16. The molecule has 0 radical (unpaired) electrons. The van der Waals surface area contributed by atoms with E-state index in [1.165, 1.54) is 18.2 Å². The highest BCUT2D eigenvalue weighted by Crippen LogP contribution is 2.54. The van der Waals surface area contributed by atoms with Crippen molar-refractivity contribution >= 4 is 38.9 Å². The van der Waals surface area contributed by atoms with E-state index in [-0.39, 0.29) is 15.6 Å². The van der Waals surface area contributed by atoms with Gasteiger partial charge in [0.1, 0.15) is 6.04 Å². The van der Waals surface area contributed by atoms with Crippen molar-refractivity contribution in [3.05, 3.63) is 58.1 Å². The zero-order valence-electron chi connectivity index (χ0n) is 17.7. The summed E-state index contributed by atoms with van der Waals surface area (Å²) >= 11 is 11.9. The minimum Gasteiger partial charge on any atom is -0.480 e. The maximum atomic E-state index is 14.1. The molecule has 14 heteroatoms. The van der Waals surface area contributed by atoms with Crippen LogP contribution in [-0.4, -0.2) is 45.2 Å². The molecule has 0 spiro atoms. The van der Waals surface area contributed by atoms with Crippen LogP contribution in [0.5, 0.6) is 0 Å². The summed E-state index contributed by atoms with van der Waals surface area (Å²) in [5.41, 5.74) is 0.232. The van der Waals surface area contributed by atoms with Crippen molar-refractivity contribution in [2.24, 2.45) is 5.73 Å². The number of rotatable bonds is 9. The predicted molar refractivity (Wildman–Crippen MR) is 121 cm³/mol. The minimum atomic E-state index is -5.85. The molecular formula is C21H20Cl2F6N2O3S. The van der Waals surface area contributed by atoms with Gasteiger partial charge in [-0.3, -0.25) is 9.57 Å². The molecular weight excluding hydrogens is 545 g/mol. The number of nitrogens with one attached hydrogen (secondary N) is 1. The van der Waals surface area contributed by atoms with Crippen LogP contribution in [-0.2, 0) is 19.9 Å². The number of hydrogen-bond acceptors (Lipinski definition) is 4. The van der Waals surface area contributed by atoms with E-state index < -0.39 is 69.4 Å². The van der Waals surface area contributed by atoms with Gasteiger partial charge in [-0.15, -0.1) is 0 Å². The van der Waals surface area contributed by atoms with Gasteiger partial charge in [-0.1, -0.05) is 53.5 Å². The number of carboxylic acids is 1. The first kappa shape index (κ1) is 29.2. The molecule has 0 amide bonds. The highest BCUT2D eigenvalue weighted by atomic mass is 35.5. The molecule has 0 aliphatic heterocycles. The van der Waals surface area contributed by atoms with E-state index in [4.69, 9.17) is 38.8 Å². The van der Waals surface area contributed by atoms with E-state index in [0.29, 0.717) is 17.7 Å². The highest BCUT2D eigenvalue weighted by Gasteiger charge is 2.71. The topological polar surface area (TPSA) is 104 Å². The Morgan fingerprint density at radius 3 is 2.00 bits per heavy atom. The van der Waals surface area contributed by atoms with Gasteiger partial charge in [-0.25, -0.2) is 4.21 Å². The van der Waals surface area contributed by atoms with E-state index in [1.54, 1.807) is 0 Å². The van der Waals surface area contributed by atoms with E-state index in [9.17, 15) is 35.3 Å². The first-order chi connectivity index (χ1) is 15.9. The number of alkyl halides is 6. The fraction of sp³-hybridized carbons (Fsp3) is 0.381. The molecule has 2 atom stereocenters. The monoisotopic (exact) mass is 564 g/mol. The molecule has 4 N–H and O–H groups in total. The number of benzene rings is 2. The van der Waals surface area contributed by atoms with Gasteiger partial charge >= 0.3 is 18.3 Å². The third-order valence-corrected chi connectivity index (χ3v) is 7.78. The predicted octanol–water partition coefficient (Wildman–Crippen LogP) is 6.26. The fourth-order valence-electron chi connectivity index (χ4n) is 3.43. The second-order valence-corrected chi connectivity index (χ2v) is 11.1. The lowest BCUT2D eigenvalue weighted by Gasteiger charge is -2.38. The van der Waals surface area contributed by atoms with Gasteiger partial charge in [0.25, 0.3) is 0 Å². The van der Waals surface area contributed by atoms with Gasteiger partial charge in [-0.2, -0.15) is 26.3 Å². The van der Waals surface area contributed by atoms with Crippen molar-refractivity contribution < 1.29 is 40.5 Å². The smallest absolute Gasteiger partial charge is 0.407 e. The summed E-state index contributed by atoms with van der Waals surface area (Å²) < 4.78 is 105. The van der Waals surface area contributed by atoms with Crippen LogP contribution >= 0.6 is 23.2 Å². The van der Waals surface area contributed by atoms with Crippen LogP contribution in [0.1, 0.15) is 18.4 Å². The normalized spacial score (nSPS) is 15.5. The number of aliphatic carboxylic acids is 1. The number of halogens is 8. The standard InChI is InChI=1S/C21H20Cl2F6N2O3S/c22-14-5-6-15(16(23)11-14)12-1-3-13(4-2-12)19(20(24,25)26,21(27,28)29)8-10-35(31,34)9-7-17(30)18(32)33/h1-6,11,17,31H,7-10,30H2,(H,32,33)/t17-,35?/m0/s1. The van der Waals surface area contributed by atoms with Gasteiger partial charge < -0.3 is 10.8 Å². The van der Waals surface area contributed by atoms with Crippen molar-refractivity contribution in [2.45, 2.75) is 36.7 Å². The molecule has 0 heterocycles. The summed E-state index contributed by atoms with van der Waals surface area (Å²) in [6.07, 6.45) is -14.0. The van der Waals surface area contributed by atoms with Gasteiger partial charge in [0, 0.05) is 36.8 Å². The Bertz CT molecular complexity index is 1160. The lowest BCUT2D eigenvalue weighted by atomic mass is 9.76. The summed E-state index contributed by atoms with van der Waals surface area (Å²) in [6.45, 7) is 0. The third kappa shape index (κ3) is 6.60. The molecule has 0 bridgehead atoms. The van der Waals surface area contributed by atoms with Crippen LogP contribution in [0.3, 0.4) is 0 Å². The van der Waals surface area contributed by atoms with Gasteiger partial charge in [-0.05, 0) is 36.1 Å². The van der Waals surface area contributed by atoms with E-state index in [0.717, 1.165) is 12.1 Å². The van der Waals surface area contributed by atoms with Gasteiger partial charge in [0.15, 0.2) is 5.41 Å². The Hall–Kier alpha value is -2.02. The number of hydrogen-bond donors (Lipinski definition) is 3. The lowest BCUT2D eigenvalue weighted by Crippen LogP contribution is -2.54. The second-order valence-electron chi connectivity index (χ2n) is 7.81. The molecule has 194 valence electrons. The molecule has 0 aliphatic rings.